The molecule has 0 amide bonds. The molecule has 0 aromatic carbocycles. The van der Waals surface area contributed by atoms with Gasteiger partial charge < -0.3 is 30.1 Å². The summed E-state index contributed by atoms with van der Waals surface area (Å²) in [6, 6.07) is 2.24. The molecule has 3 aromatic rings. The van der Waals surface area contributed by atoms with Crippen LogP contribution >= 0.6 is 11.6 Å². The van der Waals surface area contributed by atoms with Gasteiger partial charge in [-0.3, -0.25) is 9.36 Å². The van der Waals surface area contributed by atoms with Crippen molar-refractivity contribution in [3.8, 4) is 5.75 Å². The van der Waals surface area contributed by atoms with Gasteiger partial charge in [-0.25, -0.2) is 9.97 Å². The van der Waals surface area contributed by atoms with E-state index >= 15 is 0 Å². The number of aliphatic hydroxyl groups excluding tert-OH is 1. The molecule has 3 aromatic heterocycles. The van der Waals surface area contributed by atoms with Crippen molar-refractivity contribution in [2.24, 2.45) is 13.0 Å². The van der Waals surface area contributed by atoms with Crippen LogP contribution in [0.3, 0.4) is 0 Å². The second-order valence-electron chi connectivity index (χ2n) is 10.8. The van der Waals surface area contributed by atoms with Gasteiger partial charge in [0.1, 0.15) is 10.7 Å². The summed E-state index contributed by atoms with van der Waals surface area (Å²) in [5.41, 5.74) is 1.75. The highest BCUT2D eigenvalue weighted by atomic mass is 35.5. The number of fused-ring (bicyclic) bond motifs is 5. The molecule has 3 fully saturated rings. The molecule has 3 N–H and O–H groups in total. The first kappa shape index (κ1) is 23.9. The van der Waals surface area contributed by atoms with Gasteiger partial charge >= 0.3 is 0 Å². The predicted molar refractivity (Wildman–Crippen MR) is 144 cm³/mol. The number of ether oxygens (including phenoxy) is 2. The van der Waals surface area contributed by atoms with Gasteiger partial charge in [0.05, 0.1) is 61.8 Å². The number of halogens is 1. The van der Waals surface area contributed by atoms with Crippen molar-refractivity contribution in [2.75, 3.05) is 35.4 Å². The number of nitrogens with zero attached hydrogens (tertiary/aromatic N) is 5. The Morgan fingerprint density at radius 3 is 2.71 bits per heavy atom. The van der Waals surface area contributed by atoms with E-state index in [1.165, 1.54) is 17.4 Å². The second kappa shape index (κ2) is 9.25. The van der Waals surface area contributed by atoms with Crippen molar-refractivity contribution >= 4 is 45.8 Å². The van der Waals surface area contributed by atoms with Crippen LogP contribution in [0.4, 0.5) is 23.1 Å². The molecule has 11 nitrogen and oxygen atoms in total. The van der Waals surface area contributed by atoms with Crippen molar-refractivity contribution in [2.45, 2.75) is 56.3 Å². The van der Waals surface area contributed by atoms with E-state index in [9.17, 15) is 9.90 Å². The lowest BCUT2D eigenvalue weighted by atomic mass is 9.92. The Morgan fingerprint density at radius 1 is 1.16 bits per heavy atom. The van der Waals surface area contributed by atoms with Gasteiger partial charge in [-0.15, -0.1) is 0 Å². The number of pyridine rings is 2. The van der Waals surface area contributed by atoms with Crippen LogP contribution in [0.25, 0.3) is 11.0 Å². The van der Waals surface area contributed by atoms with Crippen LogP contribution in [0, 0.1) is 5.92 Å². The van der Waals surface area contributed by atoms with Crippen molar-refractivity contribution in [1.82, 2.24) is 19.5 Å². The molecule has 2 unspecified atom stereocenters. The normalized spacial score (nSPS) is 26.8. The van der Waals surface area contributed by atoms with Crippen LogP contribution in [-0.2, 0) is 11.8 Å². The summed E-state index contributed by atoms with van der Waals surface area (Å²) in [5, 5.41) is 18.3. The fourth-order valence-electron chi connectivity index (χ4n) is 6.05. The molecule has 1 aliphatic carbocycles. The number of hydrogen-bond acceptors (Lipinski definition) is 10. The zero-order valence-electron chi connectivity index (χ0n) is 21.1. The molecule has 200 valence electrons. The van der Waals surface area contributed by atoms with Crippen LogP contribution < -0.4 is 25.8 Å². The Kier molecular flexibility index (Phi) is 5.82. The number of rotatable bonds is 4. The molecule has 0 spiro atoms. The maximum absolute atomic E-state index is 13.1. The third-order valence-electron chi connectivity index (χ3n) is 8.10. The van der Waals surface area contributed by atoms with Gasteiger partial charge in [0.15, 0.2) is 5.82 Å². The van der Waals surface area contributed by atoms with Gasteiger partial charge in [-0.05, 0) is 37.7 Å². The van der Waals surface area contributed by atoms with Crippen LogP contribution in [0.1, 0.15) is 32.1 Å². The monoisotopic (exact) mass is 539 g/mol. The van der Waals surface area contributed by atoms with E-state index in [2.05, 4.69) is 25.5 Å². The van der Waals surface area contributed by atoms with E-state index in [0.717, 1.165) is 11.8 Å². The fourth-order valence-corrected chi connectivity index (χ4v) is 6.19. The van der Waals surface area contributed by atoms with Gasteiger partial charge in [-0.1, -0.05) is 11.6 Å². The number of aliphatic hydroxyl groups is 1. The lowest BCUT2D eigenvalue weighted by Crippen LogP contribution is -2.59. The summed E-state index contributed by atoms with van der Waals surface area (Å²) in [6.07, 6.45) is 7.38. The van der Waals surface area contributed by atoms with Crippen molar-refractivity contribution in [1.29, 1.82) is 0 Å². The molecule has 3 atom stereocenters. The van der Waals surface area contributed by atoms with Crippen molar-refractivity contribution in [3.63, 3.8) is 0 Å². The van der Waals surface area contributed by atoms with E-state index in [0.29, 0.717) is 78.1 Å². The highest BCUT2D eigenvalue weighted by molar-refractivity contribution is 6.32. The zero-order chi connectivity index (χ0) is 26.0. The number of aromatic nitrogens is 4. The Morgan fingerprint density at radius 2 is 1.95 bits per heavy atom. The quantitative estimate of drug-likeness (QED) is 0.455. The summed E-state index contributed by atoms with van der Waals surface area (Å²) in [6.45, 7) is 1.56. The Labute approximate surface area is 224 Å². The molecule has 6 heterocycles. The summed E-state index contributed by atoms with van der Waals surface area (Å²) >= 11 is 6.52. The number of nitrogens with one attached hydrogen (secondary N) is 2. The first-order valence-corrected chi connectivity index (χ1v) is 13.6. The largest absolute Gasteiger partial charge is 0.486 e. The first-order chi connectivity index (χ1) is 18.5. The topological polar surface area (TPSA) is 127 Å². The average molecular weight is 540 g/mol. The predicted octanol–water partition coefficient (Wildman–Crippen LogP) is 2.82. The highest BCUT2D eigenvalue weighted by Gasteiger charge is 2.40. The SMILES string of the molecule is Cn1c(=O)c2c(c3cc(Nc4nc(N5C6COCC5CC(O)C6)ncc4Cl)cnc31)N[C@@H](C1CC1)CCO2. The van der Waals surface area contributed by atoms with Crippen LogP contribution in [0.5, 0.6) is 5.75 Å². The molecular weight excluding hydrogens is 510 g/mol. The third-order valence-corrected chi connectivity index (χ3v) is 8.37. The van der Waals surface area contributed by atoms with Crippen molar-refractivity contribution in [3.05, 3.63) is 33.8 Å². The second-order valence-corrected chi connectivity index (χ2v) is 11.2. The lowest BCUT2D eigenvalue weighted by Gasteiger charge is -2.47. The minimum Gasteiger partial charge on any atom is -0.486 e. The van der Waals surface area contributed by atoms with Crippen LogP contribution in [0.15, 0.2) is 23.3 Å². The average Bonchev–Trinajstić information content (AvgIpc) is 3.75. The smallest absolute Gasteiger partial charge is 0.296 e. The number of morpholine rings is 1. The van der Waals surface area contributed by atoms with E-state index in [1.54, 1.807) is 19.4 Å². The standard InChI is InChI=1S/C26H30ClN7O4/c1-33-24-18(21-22(25(33)36)38-5-4-20(31-21)13-2-3-13)6-14(9-28-24)30-23-19(27)10-29-26(32-23)34-15-7-17(35)8-16(34)12-37-11-15/h6,9-10,13,15-17,20,31,35H,2-5,7-8,11-12H2,1H3,(H,29,30,32)/t15?,16?,17?,20-/m1/s1. The number of aryl methyl sites for hydroxylation is 1. The Hall–Kier alpha value is -3.15. The van der Waals surface area contributed by atoms with E-state index in [1.807, 2.05) is 6.07 Å². The Bertz CT molecular complexity index is 1450. The van der Waals surface area contributed by atoms with Gasteiger partial charge in [0.2, 0.25) is 11.7 Å². The zero-order valence-corrected chi connectivity index (χ0v) is 21.8. The molecule has 1 saturated carbocycles. The Balaban J connectivity index is 1.25. The number of piperidine rings is 1. The molecule has 12 heteroatoms. The summed E-state index contributed by atoms with van der Waals surface area (Å²) in [7, 11) is 1.71. The molecule has 3 aliphatic heterocycles. The molecule has 38 heavy (non-hydrogen) atoms. The van der Waals surface area contributed by atoms with E-state index in [4.69, 9.17) is 26.1 Å². The maximum atomic E-state index is 13.1. The lowest BCUT2D eigenvalue weighted by molar-refractivity contribution is 0.000353. The molecule has 2 bridgehead atoms. The van der Waals surface area contributed by atoms with Crippen LogP contribution in [0.2, 0.25) is 5.02 Å². The van der Waals surface area contributed by atoms with E-state index < -0.39 is 0 Å². The summed E-state index contributed by atoms with van der Waals surface area (Å²) < 4.78 is 13.2. The molecular formula is C26H30ClN7O4. The molecule has 2 saturated heterocycles. The van der Waals surface area contributed by atoms with Crippen LogP contribution in [-0.4, -0.2) is 68.7 Å². The van der Waals surface area contributed by atoms with E-state index in [-0.39, 0.29) is 29.8 Å². The maximum Gasteiger partial charge on any atom is 0.296 e. The fraction of sp³-hybridized carbons (Fsp3) is 0.538. The van der Waals surface area contributed by atoms with Crippen molar-refractivity contribution < 1.29 is 14.6 Å². The van der Waals surface area contributed by atoms with Gasteiger partial charge in [0, 0.05) is 24.9 Å². The first-order valence-electron chi connectivity index (χ1n) is 13.2. The molecule has 7 rings (SSSR count). The highest BCUT2D eigenvalue weighted by Crippen LogP contribution is 2.41. The van der Waals surface area contributed by atoms with Gasteiger partial charge in [0.25, 0.3) is 5.56 Å². The summed E-state index contributed by atoms with van der Waals surface area (Å²) in [4.78, 5) is 29.1. The number of hydrogen-bond donors (Lipinski definition) is 3. The minimum atomic E-state index is -0.345. The molecule has 0 radical (unpaired) electrons. The number of anilines is 4. The van der Waals surface area contributed by atoms with Gasteiger partial charge in [-0.2, -0.15) is 4.98 Å². The molecule has 4 aliphatic rings. The summed E-state index contributed by atoms with van der Waals surface area (Å²) in [5.74, 6) is 1.95. The minimum absolute atomic E-state index is 0.0103. The third kappa shape index (κ3) is 4.13.